The standard InChI is InChI=1S/C11H12F2N2O2/c1-16-2-3-17-6-11-14-9-4-7(12)8(13)5-10(9)15-11/h4-5H,2-3,6H2,1H3,(H,14,15). The average Bonchev–Trinajstić information content (AvgIpc) is 2.67. The van der Waals surface area contributed by atoms with Crippen LogP contribution in [0.3, 0.4) is 0 Å². The molecule has 0 unspecified atom stereocenters. The second-order valence-corrected chi connectivity index (χ2v) is 3.51. The zero-order valence-corrected chi connectivity index (χ0v) is 9.30. The Hall–Kier alpha value is -1.53. The van der Waals surface area contributed by atoms with Crippen LogP contribution in [0.2, 0.25) is 0 Å². The SMILES string of the molecule is COCCOCc1nc2cc(F)c(F)cc2[nH]1. The number of H-pyrrole nitrogens is 1. The van der Waals surface area contributed by atoms with Crippen LogP contribution < -0.4 is 0 Å². The van der Waals surface area contributed by atoms with E-state index in [4.69, 9.17) is 9.47 Å². The fraction of sp³-hybridized carbons (Fsp3) is 0.364. The van der Waals surface area contributed by atoms with Crippen molar-refractivity contribution in [1.29, 1.82) is 0 Å². The third-order valence-corrected chi connectivity index (χ3v) is 2.24. The number of hydrogen-bond acceptors (Lipinski definition) is 3. The summed E-state index contributed by atoms with van der Waals surface area (Å²) in [6.45, 7) is 1.18. The van der Waals surface area contributed by atoms with Gasteiger partial charge in [-0.1, -0.05) is 0 Å². The average molecular weight is 242 g/mol. The minimum atomic E-state index is -0.907. The molecule has 0 spiro atoms. The Balaban J connectivity index is 2.09. The van der Waals surface area contributed by atoms with Crippen molar-refractivity contribution in [2.45, 2.75) is 6.61 Å². The van der Waals surface area contributed by atoms with E-state index in [1.54, 1.807) is 7.11 Å². The van der Waals surface area contributed by atoms with E-state index < -0.39 is 11.6 Å². The first-order valence-corrected chi connectivity index (χ1v) is 5.11. The largest absolute Gasteiger partial charge is 0.382 e. The maximum atomic E-state index is 12.9. The highest BCUT2D eigenvalue weighted by Gasteiger charge is 2.08. The van der Waals surface area contributed by atoms with Crippen LogP contribution in [0.4, 0.5) is 8.78 Å². The maximum absolute atomic E-state index is 12.9. The Morgan fingerprint density at radius 2 is 2.00 bits per heavy atom. The molecule has 1 aromatic heterocycles. The number of hydrogen-bond donors (Lipinski definition) is 1. The second-order valence-electron chi connectivity index (χ2n) is 3.51. The van der Waals surface area contributed by atoms with Crippen molar-refractivity contribution in [3.63, 3.8) is 0 Å². The molecule has 0 fully saturated rings. The lowest BCUT2D eigenvalue weighted by Gasteiger charge is -1.99. The zero-order chi connectivity index (χ0) is 12.3. The Labute approximate surface area is 96.6 Å². The molecule has 2 aromatic rings. The monoisotopic (exact) mass is 242 g/mol. The number of imidazole rings is 1. The lowest BCUT2D eigenvalue weighted by atomic mass is 10.3. The number of halogens is 2. The number of aromatic nitrogens is 2. The van der Waals surface area contributed by atoms with E-state index in [0.29, 0.717) is 30.1 Å². The van der Waals surface area contributed by atoms with Gasteiger partial charge in [0.2, 0.25) is 0 Å². The summed E-state index contributed by atoms with van der Waals surface area (Å²) in [5.74, 6) is -1.27. The third-order valence-electron chi connectivity index (χ3n) is 2.24. The van der Waals surface area contributed by atoms with Gasteiger partial charge in [0.15, 0.2) is 11.6 Å². The molecule has 0 amide bonds. The van der Waals surface area contributed by atoms with Crippen LogP contribution in [-0.2, 0) is 16.1 Å². The summed E-state index contributed by atoms with van der Waals surface area (Å²) in [5.41, 5.74) is 0.837. The normalized spacial score (nSPS) is 11.2. The number of ether oxygens (including phenoxy) is 2. The fourth-order valence-electron chi connectivity index (χ4n) is 1.44. The lowest BCUT2D eigenvalue weighted by Crippen LogP contribution is -2.02. The summed E-state index contributed by atoms with van der Waals surface area (Å²) in [6, 6.07) is 2.14. The number of nitrogens with one attached hydrogen (secondary N) is 1. The molecule has 0 aliphatic carbocycles. The molecule has 0 aliphatic rings. The van der Waals surface area contributed by atoms with E-state index in [2.05, 4.69) is 9.97 Å². The van der Waals surface area contributed by atoms with Gasteiger partial charge in [-0.3, -0.25) is 0 Å². The van der Waals surface area contributed by atoms with Gasteiger partial charge < -0.3 is 14.5 Å². The number of rotatable bonds is 5. The predicted molar refractivity (Wildman–Crippen MR) is 57.5 cm³/mol. The molecule has 2 rings (SSSR count). The molecular formula is C11H12F2N2O2. The highest BCUT2D eigenvalue weighted by atomic mass is 19.2. The zero-order valence-electron chi connectivity index (χ0n) is 9.30. The second kappa shape index (κ2) is 5.20. The van der Waals surface area contributed by atoms with E-state index in [9.17, 15) is 8.78 Å². The molecule has 0 bridgehead atoms. The minimum Gasteiger partial charge on any atom is -0.382 e. The van der Waals surface area contributed by atoms with Crippen molar-refractivity contribution >= 4 is 11.0 Å². The lowest BCUT2D eigenvalue weighted by molar-refractivity contribution is 0.0590. The molecular weight excluding hydrogens is 230 g/mol. The number of fused-ring (bicyclic) bond motifs is 1. The molecule has 1 aromatic carbocycles. The van der Waals surface area contributed by atoms with E-state index in [1.807, 2.05) is 0 Å². The van der Waals surface area contributed by atoms with Gasteiger partial charge in [-0.25, -0.2) is 13.8 Å². The minimum absolute atomic E-state index is 0.251. The first kappa shape index (κ1) is 11.9. The van der Waals surface area contributed by atoms with Crippen molar-refractivity contribution in [3.8, 4) is 0 Å². The summed E-state index contributed by atoms with van der Waals surface area (Å²) >= 11 is 0. The number of benzene rings is 1. The van der Waals surface area contributed by atoms with Crippen molar-refractivity contribution in [2.24, 2.45) is 0 Å². The number of methoxy groups -OCH3 is 1. The molecule has 0 atom stereocenters. The molecule has 0 saturated carbocycles. The highest BCUT2D eigenvalue weighted by Crippen LogP contribution is 2.16. The van der Waals surface area contributed by atoms with Crippen LogP contribution in [0.1, 0.15) is 5.82 Å². The Bertz CT molecular complexity index is 474. The van der Waals surface area contributed by atoms with Gasteiger partial charge in [0, 0.05) is 19.2 Å². The topological polar surface area (TPSA) is 47.1 Å². The Morgan fingerprint density at radius 1 is 1.24 bits per heavy atom. The molecule has 1 heterocycles. The molecule has 1 N–H and O–H groups in total. The smallest absolute Gasteiger partial charge is 0.161 e. The molecule has 92 valence electrons. The molecule has 0 saturated heterocycles. The van der Waals surface area contributed by atoms with Crippen LogP contribution in [0.15, 0.2) is 12.1 Å². The van der Waals surface area contributed by atoms with Gasteiger partial charge >= 0.3 is 0 Å². The van der Waals surface area contributed by atoms with Crippen molar-refractivity contribution < 1.29 is 18.3 Å². The Morgan fingerprint density at radius 3 is 2.76 bits per heavy atom. The third kappa shape index (κ3) is 2.78. The maximum Gasteiger partial charge on any atom is 0.161 e. The Kier molecular flexibility index (Phi) is 3.65. The molecule has 0 aliphatic heterocycles. The summed E-state index contributed by atoms with van der Waals surface area (Å²) < 4.78 is 35.9. The van der Waals surface area contributed by atoms with Gasteiger partial charge in [-0.05, 0) is 0 Å². The molecule has 17 heavy (non-hydrogen) atoms. The number of aromatic amines is 1. The van der Waals surface area contributed by atoms with E-state index in [1.165, 1.54) is 0 Å². The van der Waals surface area contributed by atoms with Gasteiger partial charge in [-0.15, -0.1) is 0 Å². The van der Waals surface area contributed by atoms with Gasteiger partial charge in [0.25, 0.3) is 0 Å². The summed E-state index contributed by atoms with van der Waals surface area (Å²) in [5, 5.41) is 0. The van der Waals surface area contributed by atoms with Crippen molar-refractivity contribution in [3.05, 3.63) is 29.6 Å². The van der Waals surface area contributed by atoms with Crippen molar-refractivity contribution in [2.75, 3.05) is 20.3 Å². The molecule has 6 heteroatoms. The van der Waals surface area contributed by atoms with Crippen LogP contribution in [0.5, 0.6) is 0 Å². The van der Waals surface area contributed by atoms with E-state index in [-0.39, 0.29) is 6.61 Å². The van der Waals surface area contributed by atoms with Crippen LogP contribution in [0, 0.1) is 11.6 Å². The molecule has 0 radical (unpaired) electrons. The summed E-state index contributed by atoms with van der Waals surface area (Å²) in [7, 11) is 1.58. The van der Waals surface area contributed by atoms with Crippen LogP contribution in [-0.4, -0.2) is 30.3 Å². The molecule has 4 nitrogen and oxygen atoms in total. The quantitative estimate of drug-likeness (QED) is 0.816. The van der Waals surface area contributed by atoms with Gasteiger partial charge in [0.1, 0.15) is 12.4 Å². The highest BCUT2D eigenvalue weighted by molar-refractivity contribution is 5.75. The van der Waals surface area contributed by atoms with Crippen LogP contribution in [0.25, 0.3) is 11.0 Å². The van der Waals surface area contributed by atoms with Crippen molar-refractivity contribution in [1.82, 2.24) is 9.97 Å². The fourth-order valence-corrected chi connectivity index (χ4v) is 1.44. The summed E-state index contributed by atoms with van der Waals surface area (Å²) in [4.78, 5) is 6.94. The first-order chi connectivity index (χ1) is 8.20. The van der Waals surface area contributed by atoms with Crippen LogP contribution >= 0.6 is 0 Å². The van der Waals surface area contributed by atoms with Gasteiger partial charge in [-0.2, -0.15) is 0 Å². The van der Waals surface area contributed by atoms with E-state index in [0.717, 1.165) is 12.1 Å². The predicted octanol–water partition coefficient (Wildman–Crippen LogP) is 2.00. The first-order valence-electron chi connectivity index (χ1n) is 5.11. The number of nitrogens with zero attached hydrogens (tertiary/aromatic N) is 1. The summed E-state index contributed by atoms with van der Waals surface area (Å²) in [6.07, 6.45) is 0. The van der Waals surface area contributed by atoms with E-state index >= 15 is 0 Å². The van der Waals surface area contributed by atoms with Gasteiger partial charge in [0.05, 0.1) is 24.2 Å².